The number of nitrogens with two attached hydrogens (primary N) is 1. The first-order valence-corrected chi connectivity index (χ1v) is 8.39. The lowest BCUT2D eigenvalue weighted by Gasteiger charge is -2.32. The highest BCUT2D eigenvalue weighted by atomic mass is 15.3. The van der Waals surface area contributed by atoms with E-state index >= 15 is 0 Å². The van der Waals surface area contributed by atoms with Gasteiger partial charge in [-0.2, -0.15) is 4.98 Å². The molecule has 3 aromatic rings. The number of nitrogen functional groups attached to an aromatic ring is 1. The standard InChI is InChI=1S/C17H20N8/c1-11-9-14(21-16(20-11)13-6-2-3-7-19-13)25-8-4-5-12(10-25)15-22-17(18)24-23-15/h2-3,6-7,9,12H,4-5,8,10H2,1H3,(H3,18,22,23,24). The van der Waals surface area contributed by atoms with Crippen molar-refractivity contribution in [1.82, 2.24) is 30.1 Å². The Morgan fingerprint density at radius 3 is 2.92 bits per heavy atom. The second-order valence-corrected chi connectivity index (χ2v) is 6.27. The zero-order valence-corrected chi connectivity index (χ0v) is 14.1. The molecule has 8 nitrogen and oxygen atoms in total. The minimum Gasteiger partial charge on any atom is -0.367 e. The van der Waals surface area contributed by atoms with Gasteiger partial charge in [-0.15, -0.1) is 5.10 Å². The zero-order valence-electron chi connectivity index (χ0n) is 14.1. The van der Waals surface area contributed by atoms with Gasteiger partial charge in [-0.1, -0.05) is 6.07 Å². The number of anilines is 2. The smallest absolute Gasteiger partial charge is 0.239 e. The molecule has 3 aromatic heterocycles. The second-order valence-electron chi connectivity index (χ2n) is 6.27. The van der Waals surface area contributed by atoms with Crippen molar-refractivity contribution in [3.8, 4) is 11.5 Å². The van der Waals surface area contributed by atoms with Crippen LogP contribution in [0.3, 0.4) is 0 Å². The van der Waals surface area contributed by atoms with Gasteiger partial charge < -0.3 is 10.6 Å². The Morgan fingerprint density at radius 2 is 2.16 bits per heavy atom. The van der Waals surface area contributed by atoms with Crippen LogP contribution < -0.4 is 10.6 Å². The molecule has 0 saturated carbocycles. The van der Waals surface area contributed by atoms with Crippen molar-refractivity contribution in [2.75, 3.05) is 23.7 Å². The van der Waals surface area contributed by atoms with Gasteiger partial charge in [-0.3, -0.25) is 10.1 Å². The first-order valence-electron chi connectivity index (χ1n) is 8.39. The van der Waals surface area contributed by atoms with E-state index in [0.29, 0.717) is 11.8 Å². The van der Waals surface area contributed by atoms with Crippen molar-refractivity contribution in [1.29, 1.82) is 0 Å². The molecule has 0 aromatic carbocycles. The van der Waals surface area contributed by atoms with Gasteiger partial charge in [0.2, 0.25) is 5.95 Å². The van der Waals surface area contributed by atoms with Crippen LogP contribution >= 0.6 is 0 Å². The maximum absolute atomic E-state index is 5.64. The zero-order chi connectivity index (χ0) is 17.2. The molecule has 4 heterocycles. The minimum absolute atomic E-state index is 0.270. The molecule has 25 heavy (non-hydrogen) atoms. The highest BCUT2D eigenvalue weighted by Gasteiger charge is 2.25. The number of rotatable bonds is 3. The molecular formula is C17H20N8. The molecule has 0 radical (unpaired) electrons. The van der Waals surface area contributed by atoms with Gasteiger partial charge in [0.1, 0.15) is 17.3 Å². The summed E-state index contributed by atoms with van der Waals surface area (Å²) < 4.78 is 0. The molecule has 1 atom stereocenters. The monoisotopic (exact) mass is 336 g/mol. The molecule has 1 unspecified atom stereocenters. The normalized spacial score (nSPS) is 17.6. The lowest BCUT2D eigenvalue weighted by Crippen LogP contribution is -2.35. The second kappa shape index (κ2) is 6.46. The van der Waals surface area contributed by atoms with Gasteiger partial charge in [-0.25, -0.2) is 9.97 Å². The van der Waals surface area contributed by atoms with Crippen LogP contribution in [0.25, 0.3) is 11.5 Å². The van der Waals surface area contributed by atoms with Gasteiger partial charge in [0, 0.05) is 37.0 Å². The molecule has 1 fully saturated rings. The summed E-state index contributed by atoms with van der Waals surface area (Å²) >= 11 is 0. The molecule has 1 aliphatic heterocycles. The average Bonchev–Trinajstić information content (AvgIpc) is 3.08. The summed E-state index contributed by atoms with van der Waals surface area (Å²) in [7, 11) is 0. The molecule has 128 valence electrons. The van der Waals surface area contributed by atoms with E-state index in [1.807, 2.05) is 31.2 Å². The predicted molar refractivity (Wildman–Crippen MR) is 95.0 cm³/mol. The molecule has 0 bridgehead atoms. The third-order valence-corrected chi connectivity index (χ3v) is 4.39. The van der Waals surface area contributed by atoms with Crippen molar-refractivity contribution < 1.29 is 0 Å². The van der Waals surface area contributed by atoms with E-state index in [0.717, 1.165) is 49.0 Å². The highest BCUT2D eigenvalue weighted by molar-refractivity contribution is 5.53. The van der Waals surface area contributed by atoms with E-state index in [1.165, 1.54) is 0 Å². The van der Waals surface area contributed by atoms with E-state index in [4.69, 9.17) is 10.7 Å². The van der Waals surface area contributed by atoms with Crippen LogP contribution in [-0.4, -0.2) is 43.2 Å². The summed E-state index contributed by atoms with van der Waals surface area (Å²) in [6.45, 7) is 3.77. The number of hydrogen-bond acceptors (Lipinski definition) is 7. The number of aromatic amines is 1. The van der Waals surface area contributed by atoms with Crippen LogP contribution in [0.2, 0.25) is 0 Å². The maximum atomic E-state index is 5.64. The van der Waals surface area contributed by atoms with Crippen molar-refractivity contribution in [3.05, 3.63) is 42.0 Å². The van der Waals surface area contributed by atoms with Crippen LogP contribution in [-0.2, 0) is 0 Å². The minimum atomic E-state index is 0.270. The maximum Gasteiger partial charge on any atom is 0.239 e. The summed E-state index contributed by atoms with van der Waals surface area (Å²) in [5, 5.41) is 6.89. The Morgan fingerprint density at radius 1 is 1.24 bits per heavy atom. The van der Waals surface area contributed by atoms with Crippen LogP contribution in [0.1, 0.15) is 30.3 Å². The van der Waals surface area contributed by atoms with E-state index in [9.17, 15) is 0 Å². The number of piperidine rings is 1. The number of aromatic nitrogens is 6. The fourth-order valence-corrected chi connectivity index (χ4v) is 3.20. The molecule has 1 saturated heterocycles. The Kier molecular flexibility index (Phi) is 4.01. The number of H-pyrrole nitrogens is 1. The van der Waals surface area contributed by atoms with Crippen molar-refractivity contribution in [2.45, 2.75) is 25.7 Å². The Hall–Kier alpha value is -3.03. The summed E-state index contributed by atoms with van der Waals surface area (Å²) in [6.07, 6.45) is 3.88. The lowest BCUT2D eigenvalue weighted by molar-refractivity contribution is 0.490. The Balaban J connectivity index is 1.61. The highest BCUT2D eigenvalue weighted by Crippen LogP contribution is 2.28. The van der Waals surface area contributed by atoms with Gasteiger partial charge in [0.05, 0.1) is 0 Å². The molecule has 0 spiro atoms. The largest absolute Gasteiger partial charge is 0.367 e. The predicted octanol–water partition coefficient (Wildman–Crippen LogP) is 1.93. The number of nitrogens with one attached hydrogen (secondary N) is 1. The Bertz CT molecular complexity index is 860. The molecule has 1 aliphatic rings. The fourth-order valence-electron chi connectivity index (χ4n) is 3.20. The number of pyridine rings is 1. The average molecular weight is 336 g/mol. The number of hydrogen-bond donors (Lipinski definition) is 2. The molecular weight excluding hydrogens is 316 g/mol. The van der Waals surface area contributed by atoms with Crippen LogP contribution in [0.5, 0.6) is 0 Å². The molecule has 3 N–H and O–H groups in total. The third kappa shape index (κ3) is 3.28. The summed E-state index contributed by atoms with van der Waals surface area (Å²) in [4.78, 5) is 20.2. The van der Waals surface area contributed by atoms with Crippen molar-refractivity contribution in [2.24, 2.45) is 0 Å². The Labute approximate surface area is 145 Å². The number of nitrogens with zero attached hydrogens (tertiary/aromatic N) is 6. The first-order chi connectivity index (χ1) is 12.2. The molecule has 4 rings (SSSR count). The molecule has 8 heteroatoms. The quantitative estimate of drug-likeness (QED) is 0.752. The number of aryl methyl sites for hydroxylation is 1. The van der Waals surface area contributed by atoms with E-state index in [-0.39, 0.29) is 5.92 Å². The summed E-state index contributed by atoms with van der Waals surface area (Å²) in [5.41, 5.74) is 7.35. The third-order valence-electron chi connectivity index (χ3n) is 4.39. The first kappa shape index (κ1) is 15.5. The SMILES string of the molecule is Cc1cc(N2CCCC(c3nc(N)n[nH]3)C2)nc(-c2ccccn2)n1. The van der Waals surface area contributed by atoms with E-state index < -0.39 is 0 Å². The lowest BCUT2D eigenvalue weighted by atomic mass is 9.97. The van der Waals surface area contributed by atoms with Crippen molar-refractivity contribution >= 4 is 11.8 Å². The molecule has 0 amide bonds. The molecule has 0 aliphatic carbocycles. The van der Waals surface area contributed by atoms with Crippen molar-refractivity contribution in [3.63, 3.8) is 0 Å². The van der Waals surface area contributed by atoms with Crippen LogP contribution in [0.15, 0.2) is 30.5 Å². The summed E-state index contributed by atoms with van der Waals surface area (Å²) in [6, 6.07) is 7.77. The van der Waals surface area contributed by atoms with Crippen LogP contribution in [0.4, 0.5) is 11.8 Å². The van der Waals surface area contributed by atoms with E-state index in [1.54, 1.807) is 6.20 Å². The van der Waals surface area contributed by atoms with Crippen LogP contribution in [0, 0.1) is 6.92 Å². The van der Waals surface area contributed by atoms with Gasteiger partial charge in [-0.05, 0) is 31.9 Å². The van der Waals surface area contributed by atoms with Gasteiger partial charge in [0.25, 0.3) is 0 Å². The van der Waals surface area contributed by atoms with Gasteiger partial charge >= 0.3 is 0 Å². The summed E-state index contributed by atoms with van der Waals surface area (Å²) in [5.74, 6) is 2.99. The van der Waals surface area contributed by atoms with Gasteiger partial charge in [0.15, 0.2) is 5.82 Å². The van der Waals surface area contributed by atoms with E-state index in [2.05, 4.69) is 30.0 Å². The topological polar surface area (TPSA) is 110 Å². The fraction of sp³-hybridized carbons (Fsp3) is 0.353.